The van der Waals surface area contributed by atoms with Crippen LogP contribution in [0.3, 0.4) is 0 Å². The molecule has 2 aromatic carbocycles. The minimum absolute atomic E-state index is 0.0797. The minimum Gasteiger partial charge on any atom is -0.444 e. The number of hydrogen-bond donors (Lipinski definition) is 1. The Balaban J connectivity index is 1.28. The van der Waals surface area contributed by atoms with Gasteiger partial charge in [-0.2, -0.15) is 0 Å². The molecule has 0 saturated heterocycles. The van der Waals surface area contributed by atoms with Crippen molar-refractivity contribution in [2.75, 3.05) is 38.5 Å². The molecule has 0 unspecified atom stereocenters. The molecule has 0 saturated carbocycles. The van der Waals surface area contributed by atoms with Gasteiger partial charge in [0, 0.05) is 38.9 Å². The topological polar surface area (TPSA) is 110 Å². The number of hydrogen-bond acceptors (Lipinski definition) is 8. The number of nitrogens with zero attached hydrogens (tertiary/aromatic N) is 4. The van der Waals surface area contributed by atoms with Crippen molar-refractivity contribution in [2.45, 2.75) is 65.6 Å². The van der Waals surface area contributed by atoms with Gasteiger partial charge in [0.1, 0.15) is 17.0 Å². The lowest BCUT2D eigenvalue weighted by molar-refractivity contribution is 0.0260. The van der Waals surface area contributed by atoms with E-state index in [0.29, 0.717) is 44.6 Å². The smallest absolute Gasteiger partial charge is 0.410 e. The molecule has 2 amide bonds. The van der Waals surface area contributed by atoms with Crippen LogP contribution in [0, 0.1) is 5.82 Å². The molecule has 0 spiro atoms. The van der Waals surface area contributed by atoms with Crippen molar-refractivity contribution in [3.05, 3.63) is 65.5 Å². The summed E-state index contributed by atoms with van der Waals surface area (Å²) in [5.41, 5.74) is 4.42. The summed E-state index contributed by atoms with van der Waals surface area (Å²) < 4.78 is 32.3. The van der Waals surface area contributed by atoms with E-state index >= 15 is 4.39 Å². The second-order valence-corrected chi connectivity index (χ2v) is 13.4. The second kappa shape index (κ2) is 13.0. The third kappa shape index (κ3) is 7.75. The van der Waals surface area contributed by atoms with Crippen LogP contribution >= 0.6 is 0 Å². The van der Waals surface area contributed by atoms with Gasteiger partial charge in [-0.1, -0.05) is 24.3 Å². The van der Waals surface area contributed by atoms with Gasteiger partial charge in [-0.25, -0.2) is 14.0 Å². The van der Waals surface area contributed by atoms with Gasteiger partial charge in [-0.05, 0) is 101 Å². The molecular formula is C35H42FN5O5. The van der Waals surface area contributed by atoms with E-state index in [-0.39, 0.29) is 29.5 Å². The molecule has 11 heteroatoms. The first-order valence-electron chi connectivity index (χ1n) is 15.5. The fourth-order valence-electron chi connectivity index (χ4n) is 5.31. The molecule has 0 atom stereocenters. The summed E-state index contributed by atoms with van der Waals surface area (Å²) in [6.07, 6.45) is 4.58. The summed E-state index contributed by atoms with van der Waals surface area (Å²) in [7, 11) is 1.81. The first-order valence-corrected chi connectivity index (χ1v) is 15.5. The summed E-state index contributed by atoms with van der Waals surface area (Å²) >= 11 is 0. The second-order valence-electron chi connectivity index (χ2n) is 13.4. The largest absolute Gasteiger partial charge is 0.444 e. The van der Waals surface area contributed by atoms with Crippen LogP contribution < -0.4 is 5.32 Å². The molecular weight excluding hydrogens is 589 g/mol. The quantitative estimate of drug-likeness (QED) is 0.306. The summed E-state index contributed by atoms with van der Waals surface area (Å²) in [4.78, 5) is 28.2. The Bertz CT molecular complexity index is 1680. The highest BCUT2D eigenvalue weighted by molar-refractivity contribution is 5.80. The predicted molar refractivity (Wildman–Crippen MR) is 175 cm³/mol. The Morgan fingerprint density at radius 3 is 1.70 bits per heavy atom. The van der Waals surface area contributed by atoms with E-state index in [1.165, 1.54) is 6.07 Å². The zero-order chi connectivity index (χ0) is 33.2. The number of nitrogens with one attached hydrogen (secondary N) is 1. The molecule has 0 aliphatic carbocycles. The Hall–Kier alpha value is -4.67. The maximum Gasteiger partial charge on any atom is 0.410 e. The van der Waals surface area contributed by atoms with E-state index in [2.05, 4.69) is 15.5 Å². The van der Waals surface area contributed by atoms with Crippen LogP contribution in [-0.4, -0.2) is 76.6 Å². The first kappa shape index (κ1) is 32.7. The molecule has 46 heavy (non-hydrogen) atoms. The van der Waals surface area contributed by atoms with Gasteiger partial charge >= 0.3 is 12.2 Å². The van der Waals surface area contributed by atoms with Crippen molar-refractivity contribution in [3.63, 3.8) is 0 Å². The summed E-state index contributed by atoms with van der Waals surface area (Å²) in [6, 6.07) is 10.8. The molecule has 2 aliphatic rings. The number of rotatable bonds is 5. The van der Waals surface area contributed by atoms with E-state index in [4.69, 9.17) is 13.9 Å². The Kier molecular flexibility index (Phi) is 9.23. The molecule has 0 bridgehead atoms. The molecule has 2 aliphatic heterocycles. The van der Waals surface area contributed by atoms with Gasteiger partial charge < -0.3 is 29.0 Å². The lowest BCUT2D eigenvalue weighted by Gasteiger charge is -2.29. The lowest BCUT2D eigenvalue weighted by Crippen LogP contribution is -2.39. The number of anilines is 1. The minimum atomic E-state index is -0.561. The number of carbonyl (C=O) groups excluding carboxylic acids is 2. The highest BCUT2D eigenvalue weighted by Gasteiger charge is 2.26. The maximum atomic E-state index is 15.4. The summed E-state index contributed by atoms with van der Waals surface area (Å²) in [5, 5.41) is 11.6. The first-order chi connectivity index (χ1) is 21.7. The molecule has 1 N–H and O–H groups in total. The number of halogens is 1. The summed E-state index contributed by atoms with van der Waals surface area (Å²) in [6.45, 7) is 13.0. The van der Waals surface area contributed by atoms with Gasteiger partial charge in [0.05, 0.1) is 11.1 Å². The molecule has 244 valence electrons. The Labute approximate surface area is 269 Å². The molecule has 10 nitrogen and oxygen atoms in total. The van der Waals surface area contributed by atoms with Crippen molar-refractivity contribution in [1.29, 1.82) is 0 Å². The van der Waals surface area contributed by atoms with E-state index in [1.54, 1.807) is 15.9 Å². The molecule has 1 aromatic heterocycles. The third-order valence-electron chi connectivity index (χ3n) is 7.61. The van der Waals surface area contributed by atoms with Crippen molar-refractivity contribution in [3.8, 4) is 22.9 Å². The molecule has 0 fully saturated rings. The van der Waals surface area contributed by atoms with Crippen LogP contribution in [0.1, 0.15) is 65.5 Å². The Morgan fingerprint density at radius 2 is 1.26 bits per heavy atom. The van der Waals surface area contributed by atoms with Crippen LogP contribution in [0.2, 0.25) is 0 Å². The standard InChI is InChI=1S/C35H42FN5O5/c1-34(2,3)45-32(42)40-16-12-22(13-17-40)24-8-10-26(28(36)20-24)30-38-39-31(44-30)27-11-9-25(21-29(27)37-7)23-14-18-41(19-15-23)33(43)46-35(4,5)6/h8-12,14,20-21,37H,13,15-19H2,1-7H3. The highest BCUT2D eigenvalue weighted by atomic mass is 19.1. The SMILES string of the molecule is CNc1cc(C2=CCN(C(=O)OC(C)(C)C)CC2)ccc1-c1nnc(-c2ccc(C3=CCN(C(=O)OC(C)(C)C)CC3)cc2F)o1. The highest BCUT2D eigenvalue weighted by Crippen LogP contribution is 2.35. The number of benzene rings is 2. The van der Waals surface area contributed by atoms with Crippen molar-refractivity contribution in [1.82, 2.24) is 20.0 Å². The van der Waals surface area contributed by atoms with E-state index < -0.39 is 17.0 Å². The zero-order valence-electron chi connectivity index (χ0n) is 27.6. The third-order valence-corrected chi connectivity index (χ3v) is 7.61. The van der Waals surface area contributed by atoms with Gasteiger partial charge in [-0.3, -0.25) is 0 Å². The van der Waals surface area contributed by atoms with Gasteiger partial charge in [0.25, 0.3) is 5.89 Å². The van der Waals surface area contributed by atoms with E-state index in [0.717, 1.165) is 28.0 Å². The molecule has 0 radical (unpaired) electrons. The van der Waals surface area contributed by atoms with Crippen LogP contribution in [0.15, 0.2) is 53.0 Å². The predicted octanol–water partition coefficient (Wildman–Crippen LogP) is 7.63. The number of ether oxygens (including phenoxy) is 2. The molecule has 3 aromatic rings. The fourth-order valence-corrected chi connectivity index (χ4v) is 5.31. The van der Waals surface area contributed by atoms with Crippen LogP contribution in [-0.2, 0) is 9.47 Å². The molecule has 5 rings (SSSR count). The van der Waals surface area contributed by atoms with Crippen LogP contribution in [0.4, 0.5) is 19.7 Å². The van der Waals surface area contributed by atoms with Crippen LogP contribution in [0.25, 0.3) is 34.1 Å². The molecule has 3 heterocycles. The normalized spacial score (nSPS) is 15.7. The Morgan fingerprint density at radius 1 is 0.783 bits per heavy atom. The zero-order valence-corrected chi connectivity index (χ0v) is 27.6. The van der Waals surface area contributed by atoms with Crippen molar-refractivity contribution >= 4 is 29.0 Å². The fraction of sp³-hybridized carbons (Fsp3) is 0.429. The van der Waals surface area contributed by atoms with Gasteiger partial charge in [-0.15, -0.1) is 10.2 Å². The maximum absolute atomic E-state index is 15.4. The van der Waals surface area contributed by atoms with Crippen molar-refractivity contribution in [2.24, 2.45) is 0 Å². The number of aromatic nitrogens is 2. The van der Waals surface area contributed by atoms with Gasteiger partial charge in [0.2, 0.25) is 5.89 Å². The summed E-state index contributed by atoms with van der Waals surface area (Å²) in [5.74, 6) is -0.131. The lowest BCUT2D eigenvalue weighted by atomic mass is 9.97. The van der Waals surface area contributed by atoms with Crippen LogP contribution in [0.5, 0.6) is 0 Å². The number of amides is 2. The number of carbonyl (C=O) groups is 2. The van der Waals surface area contributed by atoms with Crippen molar-refractivity contribution < 1.29 is 27.9 Å². The van der Waals surface area contributed by atoms with Gasteiger partial charge in [0.15, 0.2) is 0 Å². The van der Waals surface area contributed by atoms with E-state index in [9.17, 15) is 9.59 Å². The average Bonchev–Trinajstić information content (AvgIpc) is 3.49. The monoisotopic (exact) mass is 631 g/mol. The average molecular weight is 632 g/mol. The van der Waals surface area contributed by atoms with E-state index in [1.807, 2.05) is 85.0 Å².